The number of carbonyl (C=O) groups is 2. The highest BCUT2D eigenvalue weighted by Gasteiger charge is 2.30. The highest BCUT2D eigenvalue weighted by Crippen LogP contribution is 2.38. The number of nitrogens with zero attached hydrogens (tertiary/aromatic N) is 1. The molecule has 2 unspecified atom stereocenters. The first-order valence-electron chi connectivity index (χ1n) is 8.89. The SMILES string of the molecule is CCOC(=O)c1ccc(-c2ccc3c(c2)C(N)CC(C)N3C(C)=O)cc1. The van der Waals surface area contributed by atoms with Crippen LogP contribution in [0.15, 0.2) is 42.5 Å². The van der Waals surface area contributed by atoms with E-state index in [1.54, 1.807) is 26.0 Å². The molecule has 2 aromatic carbocycles. The van der Waals surface area contributed by atoms with Gasteiger partial charge in [0.2, 0.25) is 5.91 Å². The predicted molar refractivity (Wildman–Crippen MR) is 102 cm³/mol. The summed E-state index contributed by atoms with van der Waals surface area (Å²) in [7, 11) is 0. The Morgan fingerprint density at radius 1 is 1.15 bits per heavy atom. The average molecular weight is 352 g/mol. The summed E-state index contributed by atoms with van der Waals surface area (Å²) in [5.41, 5.74) is 10.7. The lowest BCUT2D eigenvalue weighted by atomic mass is 9.89. The van der Waals surface area contributed by atoms with E-state index in [2.05, 4.69) is 0 Å². The number of rotatable bonds is 3. The normalized spacial score (nSPS) is 19.0. The number of carbonyl (C=O) groups excluding carboxylic acids is 2. The molecule has 2 N–H and O–H groups in total. The zero-order valence-corrected chi connectivity index (χ0v) is 15.4. The van der Waals surface area contributed by atoms with Gasteiger partial charge in [0.1, 0.15) is 0 Å². The van der Waals surface area contributed by atoms with Crippen LogP contribution in [0.2, 0.25) is 0 Å². The molecule has 5 nitrogen and oxygen atoms in total. The van der Waals surface area contributed by atoms with E-state index in [1.165, 1.54) is 0 Å². The molecule has 0 radical (unpaired) electrons. The van der Waals surface area contributed by atoms with Crippen molar-refractivity contribution in [2.45, 2.75) is 39.3 Å². The van der Waals surface area contributed by atoms with Crippen molar-refractivity contribution in [3.8, 4) is 11.1 Å². The molecule has 5 heteroatoms. The number of ether oxygens (including phenoxy) is 1. The van der Waals surface area contributed by atoms with E-state index < -0.39 is 0 Å². The number of nitrogens with two attached hydrogens (primary N) is 1. The second-order valence-electron chi connectivity index (χ2n) is 6.65. The minimum atomic E-state index is -0.322. The molecule has 1 heterocycles. The van der Waals surface area contributed by atoms with Crippen molar-refractivity contribution < 1.29 is 14.3 Å². The van der Waals surface area contributed by atoms with Crippen molar-refractivity contribution in [3.05, 3.63) is 53.6 Å². The third-order valence-electron chi connectivity index (χ3n) is 4.79. The number of fused-ring (bicyclic) bond motifs is 1. The second-order valence-corrected chi connectivity index (χ2v) is 6.65. The average Bonchev–Trinajstić information content (AvgIpc) is 2.61. The summed E-state index contributed by atoms with van der Waals surface area (Å²) in [5.74, 6) is -0.296. The lowest BCUT2D eigenvalue weighted by Crippen LogP contribution is -2.43. The van der Waals surface area contributed by atoms with Gasteiger partial charge in [-0.25, -0.2) is 4.79 Å². The van der Waals surface area contributed by atoms with Gasteiger partial charge < -0.3 is 15.4 Å². The van der Waals surface area contributed by atoms with Crippen LogP contribution in [0.3, 0.4) is 0 Å². The van der Waals surface area contributed by atoms with Gasteiger partial charge in [-0.3, -0.25) is 4.79 Å². The standard InChI is InChI=1S/C21H24N2O3/c1-4-26-21(25)16-7-5-15(6-8-16)17-9-10-20-18(12-17)19(22)11-13(2)23(20)14(3)24/h5-10,12-13,19H,4,11,22H2,1-3H3. The summed E-state index contributed by atoms with van der Waals surface area (Å²) in [6.45, 7) is 5.74. The minimum absolute atomic E-state index is 0.0252. The summed E-state index contributed by atoms with van der Waals surface area (Å²) in [6, 6.07) is 13.3. The fourth-order valence-electron chi connectivity index (χ4n) is 3.58. The molecule has 1 aliphatic heterocycles. The number of benzene rings is 2. The van der Waals surface area contributed by atoms with Crippen LogP contribution in [0.25, 0.3) is 11.1 Å². The van der Waals surface area contributed by atoms with E-state index in [9.17, 15) is 9.59 Å². The maximum Gasteiger partial charge on any atom is 0.338 e. The molecular weight excluding hydrogens is 328 g/mol. The Balaban J connectivity index is 1.95. The van der Waals surface area contributed by atoms with Crippen LogP contribution in [0, 0.1) is 0 Å². The largest absolute Gasteiger partial charge is 0.462 e. The lowest BCUT2D eigenvalue weighted by Gasteiger charge is -2.37. The number of hydrogen-bond donors (Lipinski definition) is 1. The molecule has 1 aliphatic rings. The fraction of sp³-hybridized carbons (Fsp3) is 0.333. The van der Waals surface area contributed by atoms with Gasteiger partial charge in [0.05, 0.1) is 12.2 Å². The molecule has 0 saturated heterocycles. The summed E-state index contributed by atoms with van der Waals surface area (Å²) < 4.78 is 5.01. The van der Waals surface area contributed by atoms with Crippen molar-refractivity contribution in [1.82, 2.24) is 0 Å². The highest BCUT2D eigenvalue weighted by molar-refractivity contribution is 5.94. The molecule has 0 fully saturated rings. The first-order valence-corrected chi connectivity index (χ1v) is 8.89. The molecule has 0 spiro atoms. The van der Waals surface area contributed by atoms with Crippen LogP contribution in [-0.4, -0.2) is 24.5 Å². The monoisotopic (exact) mass is 352 g/mol. The van der Waals surface area contributed by atoms with Crippen molar-refractivity contribution in [2.75, 3.05) is 11.5 Å². The van der Waals surface area contributed by atoms with Crippen LogP contribution >= 0.6 is 0 Å². The smallest absolute Gasteiger partial charge is 0.338 e. The van der Waals surface area contributed by atoms with Gasteiger partial charge in [0.25, 0.3) is 0 Å². The van der Waals surface area contributed by atoms with Crippen LogP contribution in [0.4, 0.5) is 5.69 Å². The molecule has 0 bridgehead atoms. The van der Waals surface area contributed by atoms with Crippen LogP contribution in [0.5, 0.6) is 0 Å². The molecule has 3 rings (SSSR count). The molecule has 0 saturated carbocycles. The summed E-state index contributed by atoms with van der Waals surface area (Å²) in [4.78, 5) is 25.6. The van der Waals surface area contributed by atoms with Crippen molar-refractivity contribution in [2.24, 2.45) is 5.73 Å². The van der Waals surface area contributed by atoms with Crippen LogP contribution < -0.4 is 10.6 Å². The molecule has 26 heavy (non-hydrogen) atoms. The highest BCUT2D eigenvalue weighted by atomic mass is 16.5. The molecule has 1 amide bonds. The Morgan fingerprint density at radius 3 is 2.42 bits per heavy atom. The van der Waals surface area contributed by atoms with Crippen LogP contribution in [-0.2, 0) is 9.53 Å². The summed E-state index contributed by atoms with van der Waals surface area (Å²) in [6.07, 6.45) is 0.734. The molecule has 0 aliphatic carbocycles. The van der Waals surface area contributed by atoms with E-state index in [0.717, 1.165) is 28.8 Å². The first-order chi connectivity index (χ1) is 12.4. The van der Waals surface area contributed by atoms with E-state index in [-0.39, 0.29) is 24.0 Å². The Morgan fingerprint density at radius 2 is 1.81 bits per heavy atom. The molecule has 136 valence electrons. The van der Waals surface area contributed by atoms with Crippen molar-refractivity contribution >= 4 is 17.6 Å². The van der Waals surface area contributed by atoms with Gasteiger partial charge in [-0.15, -0.1) is 0 Å². The zero-order valence-electron chi connectivity index (χ0n) is 15.4. The summed E-state index contributed by atoms with van der Waals surface area (Å²) in [5, 5.41) is 0. The van der Waals surface area contributed by atoms with Gasteiger partial charge in [-0.05, 0) is 61.2 Å². The van der Waals surface area contributed by atoms with Crippen molar-refractivity contribution in [1.29, 1.82) is 0 Å². The predicted octanol–water partition coefficient (Wildman–Crippen LogP) is 3.68. The number of hydrogen-bond acceptors (Lipinski definition) is 4. The third kappa shape index (κ3) is 3.35. The number of esters is 1. The maximum atomic E-state index is 12.0. The van der Waals surface area contributed by atoms with E-state index in [4.69, 9.17) is 10.5 Å². The van der Waals surface area contributed by atoms with E-state index in [0.29, 0.717) is 12.2 Å². The Bertz CT molecular complexity index is 830. The van der Waals surface area contributed by atoms with Gasteiger partial charge in [-0.1, -0.05) is 18.2 Å². The second kappa shape index (κ2) is 7.30. The summed E-state index contributed by atoms with van der Waals surface area (Å²) >= 11 is 0. The van der Waals surface area contributed by atoms with Gasteiger partial charge in [0.15, 0.2) is 0 Å². The Hall–Kier alpha value is -2.66. The lowest BCUT2D eigenvalue weighted by molar-refractivity contribution is -0.117. The minimum Gasteiger partial charge on any atom is -0.462 e. The first kappa shape index (κ1) is 18.1. The number of anilines is 1. The quantitative estimate of drug-likeness (QED) is 0.856. The molecular formula is C21H24N2O3. The van der Waals surface area contributed by atoms with Crippen molar-refractivity contribution in [3.63, 3.8) is 0 Å². The Kier molecular flexibility index (Phi) is 5.09. The molecule has 0 aromatic heterocycles. The third-order valence-corrected chi connectivity index (χ3v) is 4.79. The Labute approximate surface area is 153 Å². The topological polar surface area (TPSA) is 72.6 Å². The fourth-order valence-corrected chi connectivity index (χ4v) is 3.58. The van der Waals surface area contributed by atoms with Gasteiger partial charge >= 0.3 is 5.97 Å². The maximum absolute atomic E-state index is 12.0. The zero-order chi connectivity index (χ0) is 18.8. The molecule has 2 aromatic rings. The van der Waals surface area contributed by atoms with Crippen LogP contribution in [0.1, 0.15) is 49.2 Å². The van der Waals surface area contributed by atoms with E-state index in [1.807, 2.05) is 42.2 Å². The van der Waals surface area contributed by atoms with Gasteiger partial charge in [0, 0.05) is 24.7 Å². The van der Waals surface area contributed by atoms with E-state index >= 15 is 0 Å². The molecule has 2 atom stereocenters. The van der Waals surface area contributed by atoms with Gasteiger partial charge in [-0.2, -0.15) is 0 Å². The number of amides is 1.